The number of benzene rings is 2. The number of guanidine groups is 1. The van der Waals surface area contributed by atoms with Crippen LogP contribution in [0.5, 0.6) is 0 Å². The molecule has 7 heteroatoms. The molecule has 2 heterocycles. The first kappa shape index (κ1) is 21.6. The minimum atomic E-state index is 0.560. The summed E-state index contributed by atoms with van der Waals surface area (Å²) in [4.78, 5) is 8.24. The first-order chi connectivity index (χ1) is 15.7. The van der Waals surface area contributed by atoms with Gasteiger partial charge in [-0.3, -0.25) is 0 Å². The van der Waals surface area contributed by atoms with Crippen molar-refractivity contribution in [2.24, 2.45) is 12.0 Å². The molecule has 0 aliphatic rings. The highest BCUT2D eigenvalue weighted by molar-refractivity contribution is 5.86. The number of aromatic amines is 1. The van der Waals surface area contributed by atoms with Crippen molar-refractivity contribution in [3.63, 3.8) is 0 Å². The van der Waals surface area contributed by atoms with Crippen molar-refractivity contribution in [3.05, 3.63) is 83.1 Å². The number of hydrogen-bond acceptors (Lipinski definition) is 3. The monoisotopic (exact) mass is 429 g/mol. The van der Waals surface area contributed by atoms with Crippen LogP contribution in [0.2, 0.25) is 0 Å². The number of aliphatic imine (C=N–C) groups is 1. The van der Waals surface area contributed by atoms with Gasteiger partial charge in [-0.05, 0) is 36.5 Å². The van der Waals surface area contributed by atoms with Crippen LogP contribution in [0, 0.1) is 6.92 Å². The fourth-order valence-electron chi connectivity index (χ4n) is 3.79. The van der Waals surface area contributed by atoms with E-state index < -0.39 is 0 Å². The quantitative estimate of drug-likeness (QED) is 0.295. The Bertz CT molecular complexity index is 1190. The van der Waals surface area contributed by atoms with Crippen LogP contribution in [-0.2, 0) is 33.0 Å². The van der Waals surface area contributed by atoms with E-state index in [0.29, 0.717) is 13.1 Å². The number of para-hydroxylation sites is 1. The van der Waals surface area contributed by atoms with Gasteiger partial charge in [0.25, 0.3) is 0 Å². The van der Waals surface area contributed by atoms with Crippen molar-refractivity contribution in [3.8, 4) is 0 Å². The first-order valence-corrected chi connectivity index (χ1v) is 11.1. The van der Waals surface area contributed by atoms with Gasteiger partial charge < -0.3 is 20.2 Å². The number of nitrogens with zero attached hydrogens (tertiary/aromatic N) is 4. The van der Waals surface area contributed by atoms with Gasteiger partial charge in [-0.25, -0.2) is 4.99 Å². The van der Waals surface area contributed by atoms with Crippen molar-refractivity contribution < 1.29 is 0 Å². The van der Waals surface area contributed by atoms with Crippen molar-refractivity contribution in [2.75, 3.05) is 6.54 Å². The van der Waals surface area contributed by atoms with Crippen LogP contribution in [0.4, 0.5) is 0 Å². The molecule has 2 aromatic heterocycles. The highest BCUT2D eigenvalue weighted by atomic mass is 15.3. The highest BCUT2D eigenvalue weighted by Crippen LogP contribution is 2.22. The number of fused-ring (bicyclic) bond motifs is 1. The molecule has 0 radical (unpaired) electrons. The van der Waals surface area contributed by atoms with Crippen molar-refractivity contribution >= 4 is 16.9 Å². The van der Waals surface area contributed by atoms with E-state index in [1.54, 1.807) is 0 Å². The van der Waals surface area contributed by atoms with E-state index in [0.717, 1.165) is 37.0 Å². The fraction of sp³-hybridized carbons (Fsp3) is 0.320. The Labute approximate surface area is 189 Å². The standard InChI is InChI=1S/C25H31N7/c1-4-20-11-8-12-22-21(16-27-24(20)22)13-14-26-25(28-15-19-9-6-5-7-10-19)29-17-23-31-30-18(2)32(23)3/h5-12,16,27H,4,13-15,17H2,1-3H3,(H2,26,28,29). The maximum absolute atomic E-state index is 4.78. The van der Waals surface area contributed by atoms with Crippen LogP contribution in [0.15, 0.2) is 59.7 Å². The molecule has 32 heavy (non-hydrogen) atoms. The van der Waals surface area contributed by atoms with Crippen LogP contribution in [-0.4, -0.2) is 32.3 Å². The largest absolute Gasteiger partial charge is 0.361 e. The lowest BCUT2D eigenvalue weighted by Gasteiger charge is -2.13. The van der Waals surface area contributed by atoms with E-state index in [9.17, 15) is 0 Å². The Hall–Kier alpha value is -3.61. The van der Waals surface area contributed by atoms with Crippen molar-refractivity contribution in [2.45, 2.75) is 39.8 Å². The number of aromatic nitrogens is 4. The summed E-state index contributed by atoms with van der Waals surface area (Å²) in [5.41, 5.74) is 5.09. The summed E-state index contributed by atoms with van der Waals surface area (Å²) >= 11 is 0. The molecule has 2 aromatic carbocycles. The van der Waals surface area contributed by atoms with Crippen LogP contribution in [0.25, 0.3) is 10.9 Å². The second kappa shape index (κ2) is 10.1. The number of H-pyrrole nitrogens is 1. The number of nitrogens with one attached hydrogen (secondary N) is 3. The van der Waals surface area contributed by atoms with Gasteiger partial charge in [-0.1, -0.05) is 55.5 Å². The summed E-state index contributed by atoms with van der Waals surface area (Å²) < 4.78 is 1.99. The second-order valence-corrected chi connectivity index (χ2v) is 7.91. The molecule has 0 aliphatic carbocycles. The third kappa shape index (κ3) is 4.99. The molecule has 7 nitrogen and oxygen atoms in total. The average Bonchev–Trinajstić information content (AvgIpc) is 3.39. The topological polar surface area (TPSA) is 82.9 Å². The summed E-state index contributed by atoms with van der Waals surface area (Å²) in [5.74, 6) is 2.53. The molecule has 0 spiro atoms. The molecule has 4 aromatic rings. The Kier molecular flexibility index (Phi) is 6.84. The molecule has 0 unspecified atom stereocenters. The van der Waals surface area contributed by atoms with Gasteiger partial charge >= 0.3 is 0 Å². The lowest BCUT2D eigenvalue weighted by molar-refractivity contribution is 0.713. The molecule has 166 valence electrons. The van der Waals surface area contributed by atoms with E-state index >= 15 is 0 Å². The predicted octanol–water partition coefficient (Wildman–Crippen LogP) is 3.65. The molecule has 4 rings (SSSR count). The van der Waals surface area contributed by atoms with E-state index in [-0.39, 0.29) is 0 Å². The zero-order valence-corrected chi connectivity index (χ0v) is 19.0. The third-order valence-corrected chi connectivity index (χ3v) is 5.81. The highest BCUT2D eigenvalue weighted by Gasteiger charge is 2.09. The normalized spacial score (nSPS) is 11.8. The van der Waals surface area contributed by atoms with Crippen LogP contribution in [0.1, 0.15) is 35.3 Å². The van der Waals surface area contributed by atoms with Gasteiger partial charge in [0.15, 0.2) is 11.8 Å². The Morgan fingerprint density at radius 3 is 2.62 bits per heavy atom. The van der Waals surface area contributed by atoms with Crippen molar-refractivity contribution in [1.29, 1.82) is 0 Å². The molecular formula is C25H31N7. The molecule has 0 saturated heterocycles. The smallest absolute Gasteiger partial charge is 0.191 e. The molecular weight excluding hydrogens is 398 g/mol. The minimum absolute atomic E-state index is 0.560. The van der Waals surface area contributed by atoms with Crippen molar-refractivity contribution in [1.82, 2.24) is 30.4 Å². The molecule has 0 atom stereocenters. The minimum Gasteiger partial charge on any atom is -0.361 e. The van der Waals surface area contributed by atoms with Crippen LogP contribution in [0.3, 0.4) is 0 Å². The SMILES string of the molecule is CCc1cccc2c(CCNC(=NCc3ccccc3)NCc3nnc(C)n3C)c[nH]c12. The fourth-order valence-corrected chi connectivity index (χ4v) is 3.79. The van der Waals surface area contributed by atoms with Gasteiger partial charge in [0.05, 0.1) is 13.1 Å². The first-order valence-electron chi connectivity index (χ1n) is 11.1. The van der Waals surface area contributed by atoms with Crippen LogP contribution < -0.4 is 10.6 Å². The maximum atomic E-state index is 4.78. The molecule has 0 fully saturated rings. The maximum Gasteiger partial charge on any atom is 0.191 e. The summed E-state index contributed by atoms with van der Waals surface area (Å²) in [5, 5.41) is 16.6. The lowest BCUT2D eigenvalue weighted by atomic mass is 10.1. The van der Waals surface area contributed by atoms with Gasteiger partial charge in [-0.15, -0.1) is 10.2 Å². The molecule has 3 N–H and O–H groups in total. The van der Waals surface area contributed by atoms with Crippen LogP contribution >= 0.6 is 0 Å². The third-order valence-electron chi connectivity index (χ3n) is 5.81. The van der Waals surface area contributed by atoms with Gasteiger partial charge in [0, 0.05) is 30.7 Å². The zero-order valence-electron chi connectivity index (χ0n) is 19.0. The summed E-state index contributed by atoms with van der Waals surface area (Å²) in [6.45, 7) is 6.09. The Balaban J connectivity index is 1.43. The lowest BCUT2D eigenvalue weighted by Crippen LogP contribution is -2.38. The summed E-state index contributed by atoms with van der Waals surface area (Å²) in [7, 11) is 1.97. The average molecular weight is 430 g/mol. The van der Waals surface area contributed by atoms with E-state index in [1.807, 2.05) is 36.7 Å². The van der Waals surface area contributed by atoms with Gasteiger partial charge in [0.2, 0.25) is 0 Å². The van der Waals surface area contributed by atoms with E-state index in [2.05, 4.69) is 69.3 Å². The Morgan fingerprint density at radius 1 is 1.03 bits per heavy atom. The molecule has 0 bridgehead atoms. The number of rotatable bonds is 8. The van der Waals surface area contributed by atoms with Gasteiger partial charge in [-0.2, -0.15) is 0 Å². The van der Waals surface area contributed by atoms with E-state index in [1.165, 1.54) is 27.6 Å². The molecule has 0 aliphatic heterocycles. The van der Waals surface area contributed by atoms with Gasteiger partial charge in [0.1, 0.15) is 5.82 Å². The molecule has 0 saturated carbocycles. The second-order valence-electron chi connectivity index (χ2n) is 7.91. The number of hydrogen-bond donors (Lipinski definition) is 3. The summed E-state index contributed by atoms with van der Waals surface area (Å²) in [6, 6.07) is 16.8. The zero-order chi connectivity index (χ0) is 22.3. The predicted molar refractivity (Wildman–Crippen MR) is 130 cm³/mol. The summed E-state index contributed by atoms with van der Waals surface area (Å²) in [6.07, 6.45) is 4.06. The Morgan fingerprint density at radius 2 is 1.88 bits per heavy atom. The molecule has 0 amide bonds. The van der Waals surface area contributed by atoms with E-state index in [4.69, 9.17) is 4.99 Å². The number of aryl methyl sites for hydroxylation is 2.